The third kappa shape index (κ3) is 4.68. The monoisotopic (exact) mass is 654 g/mol. The van der Waals surface area contributed by atoms with Gasteiger partial charge in [-0.25, -0.2) is 0 Å². The van der Waals surface area contributed by atoms with Crippen molar-refractivity contribution in [2.45, 2.75) is 86.3 Å². The molecule has 2 saturated carbocycles. The maximum absolute atomic E-state index is 13.5. The first kappa shape index (κ1) is 30.2. The number of likely N-dealkylation sites (tertiary alicyclic amines) is 1. The SMILES string of the molecule is O=S(=O)(Oc1ccc2c3c1OC1[C@H](N(Cc4ccccc4)Cc4ccccc4)CC[C@@]4(O)[C@@H](C2)N(CC2CC2)CC[C@]314)C(F)(F)F. The van der Waals surface area contributed by atoms with Gasteiger partial charge in [0.1, 0.15) is 6.10 Å². The average Bonchev–Trinajstić information content (AvgIpc) is 3.77. The zero-order valence-electron chi connectivity index (χ0n) is 25.3. The summed E-state index contributed by atoms with van der Waals surface area (Å²) in [6.07, 6.45) is 3.90. The summed E-state index contributed by atoms with van der Waals surface area (Å²) >= 11 is 0. The molecule has 3 fully saturated rings. The van der Waals surface area contributed by atoms with Gasteiger partial charge in [-0.2, -0.15) is 21.6 Å². The molecule has 3 aromatic rings. The Bertz CT molecular complexity index is 1690. The number of ether oxygens (including phenoxy) is 1. The second-order valence-electron chi connectivity index (χ2n) is 13.7. The first-order valence-corrected chi connectivity index (χ1v) is 17.5. The molecule has 3 aromatic carbocycles. The molecule has 2 aliphatic heterocycles. The highest BCUT2D eigenvalue weighted by Crippen LogP contribution is 2.66. The van der Waals surface area contributed by atoms with Crippen molar-refractivity contribution in [2.24, 2.45) is 5.92 Å². The Kier molecular flexibility index (Phi) is 7.03. The van der Waals surface area contributed by atoms with Crippen molar-refractivity contribution in [3.05, 3.63) is 95.1 Å². The maximum atomic E-state index is 13.5. The molecule has 244 valence electrons. The van der Waals surface area contributed by atoms with Crippen molar-refractivity contribution in [1.29, 1.82) is 0 Å². The predicted octanol–water partition coefficient (Wildman–Crippen LogP) is 5.55. The Morgan fingerprint density at radius 2 is 1.59 bits per heavy atom. The predicted molar refractivity (Wildman–Crippen MR) is 165 cm³/mol. The van der Waals surface area contributed by atoms with Gasteiger partial charge in [-0.1, -0.05) is 66.7 Å². The Morgan fingerprint density at radius 1 is 0.935 bits per heavy atom. The van der Waals surface area contributed by atoms with Crippen LogP contribution in [-0.4, -0.2) is 65.7 Å². The van der Waals surface area contributed by atoms with E-state index in [-0.39, 0.29) is 17.8 Å². The third-order valence-corrected chi connectivity index (χ3v) is 12.1. The van der Waals surface area contributed by atoms with Gasteiger partial charge in [-0.05, 0) is 73.7 Å². The van der Waals surface area contributed by atoms with Crippen LogP contribution in [0.3, 0.4) is 0 Å². The molecule has 1 unspecified atom stereocenters. The van der Waals surface area contributed by atoms with Gasteiger partial charge in [0.2, 0.25) is 0 Å². The van der Waals surface area contributed by atoms with E-state index in [2.05, 4.69) is 34.1 Å². The molecule has 2 bridgehead atoms. The van der Waals surface area contributed by atoms with Crippen LogP contribution in [-0.2, 0) is 35.0 Å². The van der Waals surface area contributed by atoms with Crippen LogP contribution in [0.5, 0.6) is 11.5 Å². The highest BCUT2D eigenvalue weighted by Gasteiger charge is 2.73. The summed E-state index contributed by atoms with van der Waals surface area (Å²) in [5, 5.41) is 13.0. The first-order chi connectivity index (χ1) is 22.0. The molecule has 1 spiro atoms. The van der Waals surface area contributed by atoms with Crippen molar-refractivity contribution >= 4 is 10.1 Å². The van der Waals surface area contributed by atoms with E-state index >= 15 is 0 Å². The van der Waals surface area contributed by atoms with Crippen molar-refractivity contribution in [3.8, 4) is 11.5 Å². The molecule has 5 atom stereocenters. The Hall–Kier alpha value is -3.12. The topological polar surface area (TPSA) is 79.3 Å². The standard InChI is InChI=1S/C35H37F3N2O5S/c36-35(37,38)46(42,43)45-28-14-13-26-19-29-34(41)16-15-27(40(21-23-7-3-1-4-8-23)22-24-9-5-2-6-10-24)32-33(34,30(26)31(28)44-32)17-18-39(29)20-25-11-12-25/h1-10,13-14,25,27,29,32,41H,11-12,15-22H2/t27-,29-,32?,33+,34-/m1/s1. The number of rotatable bonds is 9. The first-order valence-electron chi connectivity index (χ1n) is 16.1. The zero-order valence-corrected chi connectivity index (χ0v) is 26.1. The molecule has 0 aromatic heterocycles. The van der Waals surface area contributed by atoms with E-state index < -0.39 is 38.5 Å². The van der Waals surface area contributed by atoms with Gasteiger partial charge in [0.05, 0.1) is 11.0 Å². The molecule has 5 aliphatic rings. The second-order valence-corrected chi connectivity index (χ2v) is 15.3. The number of aliphatic hydroxyl groups is 1. The average molecular weight is 655 g/mol. The third-order valence-electron chi connectivity index (χ3n) is 11.1. The van der Waals surface area contributed by atoms with E-state index in [1.54, 1.807) is 6.07 Å². The molecule has 7 nitrogen and oxygen atoms in total. The molecule has 0 radical (unpaired) electrons. The molecular weight excluding hydrogens is 617 g/mol. The molecule has 8 rings (SSSR count). The van der Waals surface area contributed by atoms with E-state index in [9.17, 15) is 26.7 Å². The lowest BCUT2D eigenvalue weighted by Crippen LogP contribution is -2.78. The van der Waals surface area contributed by atoms with Gasteiger partial charge < -0.3 is 14.0 Å². The lowest BCUT2D eigenvalue weighted by atomic mass is 9.48. The largest absolute Gasteiger partial charge is 0.534 e. The number of hydrogen-bond acceptors (Lipinski definition) is 7. The quantitative estimate of drug-likeness (QED) is 0.240. The molecule has 1 saturated heterocycles. The number of halogens is 3. The van der Waals surface area contributed by atoms with E-state index in [1.165, 1.54) is 18.9 Å². The van der Waals surface area contributed by atoms with Crippen LogP contribution >= 0.6 is 0 Å². The van der Waals surface area contributed by atoms with Gasteiger partial charge >= 0.3 is 15.6 Å². The molecule has 1 N–H and O–H groups in total. The van der Waals surface area contributed by atoms with Gasteiger partial charge in [-0.3, -0.25) is 9.80 Å². The van der Waals surface area contributed by atoms with Crippen molar-refractivity contribution in [3.63, 3.8) is 0 Å². The van der Waals surface area contributed by atoms with Gasteiger partial charge in [-0.15, -0.1) is 0 Å². The van der Waals surface area contributed by atoms with Crippen LogP contribution in [0.25, 0.3) is 0 Å². The molecule has 46 heavy (non-hydrogen) atoms. The van der Waals surface area contributed by atoms with Gasteiger partial charge in [0.25, 0.3) is 0 Å². The fourth-order valence-corrected chi connectivity index (χ4v) is 9.44. The van der Waals surface area contributed by atoms with Crippen LogP contribution in [0.1, 0.15) is 54.4 Å². The van der Waals surface area contributed by atoms with Crippen LogP contribution in [0.4, 0.5) is 13.2 Å². The van der Waals surface area contributed by atoms with Crippen molar-refractivity contribution < 1.29 is 35.6 Å². The number of piperidine rings is 1. The summed E-state index contributed by atoms with van der Waals surface area (Å²) in [6, 6.07) is 22.8. The van der Waals surface area contributed by atoms with E-state index in [0.717, 1.165) is 29.8 Å². The molecule has 0 amide bonds. The van der Waals surface area contributed by atoms with Crippen LogP contribution in [0, 0.1) is 5.92 Å². The Morgan fingerprint density at radius 3 is 2.20 bits per heavy atom. The normalized spacial score (nSPS) is 30.2. The molecule has 2 heterocycles. The second kappa shape index (κ2) is 10.7. The zero-order chi connectivity index (χ0) is 31.9. The van der Waals surface area contributed by atoms with Crippen molar-refractivity contribution in [1.82, 2.24) is 9.80 Å². The summed E-state index contributed by atoms with van der Waals surface area (Å²) < 4.78 is 76.5. The summed E-state index contributed by atoms with van der Waals surface area (Å²) in [7, 11) is -5.94. The number of alkyl halides is 3. The van der Waals surface area contributed by atoms with E-state index in [1.807, 2.05) is 36.4 Å². The van der Waals surface area contributed by atoms with Crippen LogP contribution in [0.15, 0.2) is 72.8 Å². The van der Waals surface area contributed by atoms with Crippen molar-refractivity contribution in [2.75, 3.05) is 13.1 Å². The minimum Gasteiger partial charge on any atom is -0.483 e. The summed E-state index contributed by atoms with van der Waals surface area (Å²) in [4.78, 5) is 4.77. The number of hydrogen-bond donors (Lipinski definition) is 1. The summed E-state index contributed by atoms with van der Waals surface area (Å²) in [5.41, 5.74) is -4.01. The minimum absolute atomic E-state index is 0.0223. The lowest BCUT2D eigenvalue weighted by molar-refractivity contribution is -0.201. The van der Waals surface area contributed by atoms with E-state index in [4.69, 9.17) is 8.92 Å². The summed E-state index contributed by atoms with van der Waals surface area (Å²) in [5.74, 6) is 0.170. The highest BCUT2D eigenvalue weighted by molar-refractivity contribution is 7.88. The molecule has 3 aliphatic carbocycles. The van der Waals surface area contributed by atoms with Gasteiger partial charge in [0.15, 0.2) is 11.5 Å². The smallest absolute Gasteiger partial charge is 0.483 e. The number of nitrogens with zero attached hydrogens (tertiary/aromatic N) is 2. The van der Waals surface area contributed by atoms with Crippen LogP contribution in [0.2, 0.25) is 0 Å². The maximum Gasteiger partial charge on any atom is 0.534 e. The molecule has 11 heteroatoms. The summed E-state index contributed by atoms with van der Waals surface area (Å²) in [6.45, 7) is 2.83. The lowest BCUT2D eigenvalue weighted by Gasteiger charge is -2.65. The Labute approximate surface area is 267 Å². The van der Waals surface area contributed by atoms with E-state index in [0.29, 0.717) is 50.3 Å². The van der Waals surface area contributed by atoms with Gasteiger partial charge in [0, 0.05) is 37.3 Å². The number of benzene rings is 3. The Balaban J connectivity index is 1.25. The van der Waals surface area contributed by atoms with Crippen LogP contribution < -0.4 is 8.92 Å². The highest BCUT2D eigenvalue weighted by atomic mass is 32.2. The fraction of sp³-hybridized carbons (Fsp3) is 0.486. The minimum atomic E-state index is -5.94. The fourth-order valence-electron chi connectivity index (χ4n) is 8.98. The molecular formula is C35H37F3N2O5S.